The van der Waals surface area contributed by atoms with E-state index in [-0.39, 0.29) is 5.91 Å². The van der Waals surface area contributed by atoms with E-state index < -0.39 is 11.7 Å². The van der Waals surface area contributed by atoms with Crippen molar-refractivity contribution in [3.05, 3.63) is 0 Å². The van der Waals surface area contributed by atoms with E-state index >= 15 is 0 Å². The minimum absolute atomic E-state index is 0.0953. The Kier molecular flexibility index (Phi) is 6.99. The highest BCUT2D eigenvalue weighted by Gasteiger charge is 2.21. The second-order valence-corrected chi connectivity index (χ2v) is 6.83. The van der Waals surface area contributed by atoms with Crippen LogP contribution in [0.4, 0.5) is 4.79 Å². The number of rotatable bonds is 4. The third kappa shape index (κ3) is 7.34. The Labute approximate surface area is 128 Å². The van der Waals surface area contributed by atoms with Crippen LogP contribution in [0.5, 0.6) is 0 Å². The monoisotopic (exact) mass is 298 g/mol. The summed E-state index contributed by atoms with van der Waals surface area (Å²) in [5, 5.41) is 2.63. The van der Waals surface area contributed by atoms with Gasteiger partial charge in [0.1, 0.15) is 5.60 Å². The fourth-order valence-electron chi connectivity index (χ4n) is 2.61. The number of nitrogens with zero attached hydrogens (tertiary/aromatic N) is 1. The van der Waals surface area contributed by atoms with Crippen LogP contribution in [0.15, 0.2) is 0 Å². The predicted molar refractivity (Wildman–Crippen MR) is 83.1 cm³/mol. The maximum absolute atomic E-state index is 12.2. The summed E-state index contributed by atoms with van der Waals surface area (Å²) in [5.41, 5.74) is -0.509. The molecule has 0 atom stereocenters. The van der Waals surface area contributed by atoms with Crippen molar-refractivity contribution in [2.24, 2.45) is 0 Å². The maximum atomic E-state index is 12.2. The van der Waals surface area contributed by atoms with Gasteiger partial charge in [-0.1, -0.05) is 25.7 Å². The van der Waals surface area contributed by atoms with Gasteiger partial charge in [0.05, 0.1) is 0 Å². The molecule has 1 aliphatic rings. The van der Waals surface area contributed by atoms with E-state index in [1.807, 2.05) is 32.7 Å². The van der Waals surface area contributed by atoms with Crippen LogP contribution < -0.4 is 5.32 Å². The van der Waals surface area contributed by atoms with Gasteiger partial charge in [-0.3, -0.25) is 4.79 Å². The fraction of sp³-hybridized carbons (Fsp3) is 0.875. The first-order valence-electron chi connectivity index (χ1n) is 8.02. The SMILES string of the molecule is CN(C(=O)CCNC(=O)OC(C)(C)C)C1CCCCCC1. The molecule has 0 aromatic rings. The molecule has 21 heavy (non-hydrogen) atoms. The first-order chi connectivity index (χ1) is 9.79. The molecular weight excluding hydrogens is 268 g/mol. The van der Waals surface area contributed by atoms with Gasteiger partial charge in [0.2, 0.25) is 5.91 Å². The number of hydrogen-bond donors (Lipinski definition) is 1. The van der Waals surface area contributed by atoms with Crippen molar-refractivity contribution in [1.82, 2.24) is 10.2 Å². The molecule has 0 radical (unpaired) electrons. The average molecular weight is 298 g/mol. The predicted octanol–water partition coefficient (Wildman–Crippen LogP) is 3.08. The Morgan fingerprint density at radius 3 is 2.24 bits per heavy atom. The highest BCUT2D eigenvalue weighted by Crippen LogP contribution is 2.21. The van der Waals surface area contributed by atoms with Gasteiger partial charge in [-0.15, -0.1) is 0 Å². The minimum Gasteiger partial charge on any atom is -0.444 e. The molecule has 1 saturated carbocycles. The number of alkyl carbamates (subject to hydrolysis) is 1. The minimum atomic E-state index is -0.509. The molecular formula is C16H30N2O3. The van der Waals surface area contributed by atoms with Crippen molar-refractivity contribution in [3.63, 3.8) is 0 Å². The molecule has 0 aromatic carbocycles. The van der Waals surface area contributed by atoms with Crippen LogP contribution in [-0.4, -0.2) is 42.1 Å². The highest BCUT2D eigenvalue weighted by atomic mass is 16.6. The lowest BCUT2D eigenvalue weighted by atomic mass is 10.1. The zero-order valence-corrected chi connectivity index (χ0v) is 13.9. The first kappa shape index (κ1) is 17.8. The van der Waals surface area contributed by atoms with Crippen LogP contribution in [0.2, 0.25) is 0 Å². The lowest BCUT2D eigenvalue weighted by Gasteiger charge is -2.27. The Hall–Kier alpha value is -1.26. The summed E-state index contributed by atoms with van der Waals surface area (Å²) >= 11 is 0. The second kappa shape index (κ2) is 8.25. The van der Waals surface area contributed by atoms with E-state index in [1.165, 1.54) is 25.7 Å². The number of amides is 2. The van der Waals surface area contributed by atoms with Gasteiger partial charge < -0.3 is 15.0 Å². The van der Waals surface area contributed by atoms with Gasteiger partial charge in [0, 0.05) is 26.1 Å². The zero-order chi connectivity index (χ0) is 15.9. The summed E-state index contributed by atoms with van der Waals surface area (Å²) < 4.78 is 5.14. The quantitative estimate of drug-likeness (QED) is 0.811. The molecule has 0 saturated heterocycles. The number of hydrogen-bond acceptors (Lipinski definition) is 3. The smallest absolute Gasteiger partial charge is 0.407 e. The molecule has 1 N–H and O–H groups in total. The molecule has 2 amide bonds. The molecule has 1 fully saturated rings. The Bertz CT molecular complexity index is 342. The summed E-state index contributed by atoms with van der Waals surface area (Å²) in [5.74, 6) is 0.0953. The van der Waals surface area contributed by atoms with Crippen LogP contribution in [0.1, 0.15) is 65.7 Å². The van der Waals surface area contributed by atoms with E-state index in [2.05, 4.69) is 5.32 Å². The van der Waals surface area contributed by atoms with Crippen LogP contribution >= 0.6 is 0 Å². The van der Waals surface area contributed by atoms with Gasteiger partial charge in [-0.2, -0.15) is 0 Å². The fourth-order valence-corrected chi connectivity index (χ4v) is 2.61. The topological polar surface area (TPSA) is 58.6 Å². The van der Waals surface area contributed by atoms with E-state index in [1.54, 1.807) is 0 Å². The number of ether oxygens (including phenoxy) is 1. The average Bonchev–Trinajstić information content (AvgIpc) is 2.64. The molecule has 0 heterocycles. The summed E-state index contributed by atoms with van der Waals surface area (Å²) in [6.45, 7) is 5.78. The second-order valence-electron chi connectivity index (χ2n) is 6.83. The van der Waals surface area contributed by atoms with Crippen molar-refractivity contribution >= 4 is 12.0 Å². The Balaban J connectivity index is 2.27. The van der Waals surface area contributed by atoms with Crippen molar-refractivity contribution in [3.8, 4) is 0 Å². The van der Waals surface area contributed by atoms with Gasteiger partial charge >= 0.3 is 6.09 Å². The summed E-state index contributed by atoms with van der Waals surface area (Å²) in [7, 11) is 1.88. The Morgan fingerprint density at radius 2 is 1.71 bits per heavy atom. The molecule has 1 aliphatic carbocycles. The molecule has 0 aliphatic heterocycles. The highest BCUT2D eigenvalue weighted by molar-refractivity contribution is 5.77. The molecule has 0 unspecified atom stereocenters. The molecule has 0 spiro atoms. The zero-order valence-electron chi connectivity index (χ0n) is 13.9. The third-order valence-corrected chi connectivity index (χ3v) is 3.77. The molecule has 5 nitrogen and oxygen atoms in total. The van der Waals surface area contributed by atoms with Crippen molar-refractivity contribution in [2.45, 2.75) is 77.4 Å². The Morgan fingerprint density at radius 1 is 1.14 bits per heavy atom. The summed E-state index contributed by atoms with van der Waals surface area (Å²) in [6, 6.07) is 0.363. The lowest BCUT2D eigenvalue weighted by molar-refractivity contribution is -0.132. The third-order valence-electron chi connectivity index (χ3n) is 3.77. The van der Waals surface area contributed by atoms with Gasteiger partial charge in [0.25, 0.3) is 0 Å². The van der Waals surface area contributed by atoms with E-state index in [0.29, 0.717) is 19.0 Å². The maximum Gasteiger partial charge on any atom is 0.407 e. The van der Waals surface area contributed by atoms with Crippen LogP contribution in [-0.2, 0) is 9.53 Å². The first-order valence-corrected chi connectivity index (χ1v) is 8.02. The lowest BCUT2D eigenvalue weighted by Crippen LogP contribution is -2.39. The van der Waals surface area contributed by atoms with Gasteiger partial charge in [-0.25, -0.2) is 4.79 Å². The summed E-state index contributed by atoms with van der Waals surface area (Å²) in [6.07, 6.45) is 7.02. The molecule has 1 rings (SSSR count). The number of carbonyl (C=O) groups excluding carboxylic acids is 2. The van der Waals surface area contributed by atoms with E-state index in [4.69, 9.17) is 4.74 Å². The number of carbonyl (C=O) groups is 2. The van der Waals surface area contributed by atoms with Crippen molar-refractivity contribution in [2.75, 3.05) is 13.6 Å². The normalized spacial score (nSPS) is 17.0. The standard InChI is InChI=1S/C16H30N2O3/c1-16(2,3)21-15(20)17-12-11-14(19)18(4)13-9-7-5-6-8-10-13/h13H,5-12H2,1-4H3,(H,17,20). The van der Waals surface area contributed by atoms with Crippen molar-refractivity contribution < 1.29 is 14.3 Å². The van der Waals surface area contributed by atoms with Gasteiger partial charge in [-0.05, 0) is 33.6 Å². The molecule has 122 valence electrons. The van der Waals surface area contributed by atoms with E-state index in [0.717, 1.165) is 12.8 Å². The van der Waals surface area contributed by atoms with E-state index in [9.17, 15) is 9.59 Å². The largest absolute Gasteiger partial charge is 0.444 e. The van der Waals surface area contributed by atoms with Crippen molar-refractivity contribution in [1.29, 1.82) is 0 Å². The van der Waals surface area contributed by atoms with Crippen LogP contribution in [0.25, 0.3) is 0 Å². The number of nitrogens with one attached hydrogen (secondary N) is 1. The van der Waals surface area contributed by atoms with Crippen LogP contribution in [0, 0.1) is 0 Å². The molecule has 0 aromatic heterocycles. The molecule has 0 bridgehead atoms. The van der Waals surface area contributed by atoms with Gasteiger partial charge in [0.15, 0.2) is 0 Å². The van der Waals surface area contributed by atoms with Crippen LogP contribution in [0.3, 0.4) is 0 Å². The molecule has 5 heteroatoms. The summed E-state index contributed by atoms with van der Waals surface area (Å²) in [4.78, 5) is 25.5.